The van der Waals surface area contributed by atoms with E-state index in [2.05, 4.69) is 12.0 Å². The summed E-state index contributed by atoms with van der Waals surface area (Å²) in [6.45, 7) is 2.24. The molecule has 10 nitrogen and oxygen atoms in total. The van der Waals surface area contributed by atoms with Crippen LogP contribution in [-0.2, 0) is 4.79 Å². The van der Waals surface area contributed by atoms with Gasteiger partial charge >= 0.3 is 6.03 Å². The topological polar surface area (TPSA) is 186 Å². The van der Waals surface area contributed by atoms with Gasteiger partial charge in [-0.05, 0) is 6.42 Å². The Morgan fingerprint density at radius 2 is 1.14 bits per heavy atom. The predicted molar refractivity (Wildman–Crippen MR) is 136 cm³/mol. The number of ketones is 1. The number of hydrogen-bond donors (Lipinski definition) is 7. The van der Waals surface area contributed by atoms with Crippen LogP contribution in [0.5, 0.6) is 0 Å². The molecule has 35 heavy (non-hydrogen) atoms. The van der Waals surface area contributed by atoms with Crippen molar-refractivity contribution in [3.63, 3.8) is 0 Å². The lowest BCUT2D eigenvalue weighted by molar-refractivity contribution is -0.149. The zero-order valence-corrected chi connectivity index (χ0v) is 21.4. The monoisotopic (exact) mass is 503 g/mol. The number of Topliss-reactive ketones (excluding diaryl/α,β-unsaturated/α-hetero) is 1. The fourth-order valence-corrected chi connectivity index (χ4v) is 3.87. The number of hydrazone groups is 1. The number of carbonyl (C=O) groups is 2. The summed E-state index contributed by atoms with van der Waals surface area (Å²) in [5.41, 5.74) is 6.57. The normalized spacial score (nSPS) is 16.1. The fourth-order valence-electron chi connectivity index (χ4n) is 3.87. The van der Waals surface area contributed by atoms with E-state index in [0.717, 1.165) is 19.3 Å². The van der Waals surface area contributed by atoms with Crippen LogP contribution in [0.4, 0.5) is 4.79 Å². The zero-order valence-electron chi connectivity index (χ0n) is 21.4. The van der Waals surface area contributed by atoms with Crippen molar-refractivity contribution in [2.24, 2.45) is 10.8 Å². The number of primary amides is 1. The summed E-state index contributed by atoms with van der Waals surface area (Å²) in [7, 11) is 0. The lowest BCUT2D eigenvalue weighted by Gasteiger charge is -2.27. The second-order valence-electron chi connectivity index (χ2n) is 9.33. The molecule has 1 unspecified atom stereocenters. The van der Waals surface area contributed by atoms with Gasteiger partial charge in [0.15, 0.2) is 5.78 Å². The van der Waals surface area contributed by atoms with Gasteiger partial charge < -0.3 is 31.3 Å². The first kappa shape index (κ1) is 33.4. The average molecular weight is 504 g/mol. The molecule has 206 valence electrons. The number of hydrogen-bond acceptors (Lipinski definition) is 8. The second-order valence-corrected chi connectivity index (χ2v) is 9.33. The standard InChI is InChI=1S/C25H49N3O7/c1-2-3-4-5-6-7-8-9-10-11-12-13-14-15-16-17-19(29)21(31)23(33)24(34)22(32)20(30)18-27-28-25(26)35/h18,20-24,30-34H,2-17H2,1H3,(H3,26,28,35)/t20-,21?,22+,23+,24-/m0/s1. The summed E-state index contributed by atoms with van der Waals surface area (Å²) in [5, 5.41) is 52.7. The maximum atomic E-state index is 12.1. The Balaban J connectivity index is 3.86. The van der Waals surface area contributed by atoms with Crippen LogP contribution >= 0.6 is 0 Å². The number of aliphatic hydroxyl groups excluding tert-OH is 5. The quantitative estimate of drug-likeness (QED) is 0.0633. The molecule has 0 fully saturated rings. The van der Waals surface area contributed by atoms with Gasteiger partial charge in [-0.3, -0.25) is 4.79 Å². The van der Waals surface area contributed by atoms with E-state index in [-0.39, 0.29) is 6.42 Å². The third kappa shape index (κ3) is 17.5. The summed E-state index contributed by atoms with van der Waals surface area (Å²) in [5.74, 6) is -0.642. The van der Waals surface area contributed by atoms with Crippen molar-refractivity contribution in [2.75, 3.05) is 0 Å². The van der Waals surface area contributed by atoms with Crippen LogP contribution in [0, 0.1) is 0 Å². The molecule has 0 aliphatic heterocycles. The largest absolute Gasteiger partial charge is 0.387 e. The smallest absolute Gasteiger partial charge is 0.332 e. The second kappa shape index (κ2) is 21.7. The van der Waals surface area contributed by atoms with Crippen LogP contribution in [0.3, 0.4) is 0 Å². The average Bonchev–Trinajstić information content (AvgIpc) is 2.83. The molecule has 0 saturated heterocycles. The van der Waals surface area contributed by atoms with E-state index < -0.39 is 42.3 Å². The number of nitrogens with one attached hydrogen (secondary N) is 1. The van der Waals surface area contributed by atoms with Crippen LogP contribution in [0.1, 0.15) is 110 Å². The van der Waals surface area contributed by atoms with Crippen molar-refractivity contribution in [3.8, 4) is 0 Å². The van der Waals surface area contributed by atoms with Crippen LogP contribution in [0.25, 0.3) is 0 Å². The Hall–Kier alpha value is -1.59. The molecule has 0 heterocycles. The highest BCUT2D eigenvalue weighted by Gasteiger charge is 2.36. The zero-order chi connectivity index (χ0) is 26.5. The highest BCUT2D eigenvalue weighted by atomic mass is 16.4. The number of rotatable bonds is 23. The van der Waals surface area contributed by atoms with Crippen molar-refractivity contribution >= 4 is 18.0 Å². The van der Waals surface area contributed by atoms with E-state index in [1.165, 1.54) is 70.6 Å². The van der Waals surface area contributed by atoms with E-state index in [1.807, 2.05) is 0 Å². The lowest BCUT2D eigenvalue weighted by atomic mass is 9.95. The minimum atomic E-state index is -2.01. The van der Waals surface area contributed by atoms with Crippen molar-refractivity contribution in [1.82, 2.24) is 5.43 Å². The molecule has 0 aromatic rings. The van der Waals surface area contributed by atoms with Crippen molar-refractivity contribution in [1.29, 1.82) is 0 Å². The van der Waals surface area contributed by atoms with Crippen molar-refractivity contribution in [2.45, 2.75) is 140 Å². The fraction of sp³-hybridized carbons (Fsp3) is 0.880. The lowest BCUT2D eigenvalue weighted by Crippen LogP contribution is -2.51. The number of aliphatic hydroxyl groups is 5. The van der Waals surface area contributed by atoms with Crippen LogP contribution in [-0.4, -0.2) is 74.1 Å². The first-order chi connectivity index (χ1) is 16.7. The van der Waals surface area contributed by atoms with Crippen molar-refractivity contribution in [3.05, 3.63) is 0 Å². The molecular formula is C25H49N3O7. The Morgan fingerprint density at radius 1 is 0.714 bits per heavy atom. The van der Waals surface area contributed by atoms with Gasteiger partial charge in [0.1, 0.15) is 30.5 Å². The molecule has 0 aliphatic rings. The molecular weight excluding hydrogens is 454 g/mol. The molecule has 0 aromatic carbocycles. The van der Waals surface area contributed by atoms with E-state index in [4.69, 9.17) is 5.73 Å². The Kier molecular flexibility index (Phi) is 20.7. The first-order valence-electron chi connectivity index (χ1n) is 13.2. The van der Waals surface area contributed by atoms with Crippen LogP contribution < -0.4 is 11.2 Å². The van der Waals surface area contributed by atoms with Crippen LogP contribution in [0.2, 0.25) is 0 Å². The van der Waals surface area contributed by atoms with Gasteiger partial charge in [0.2, 0.25) is 0 Å². The van der Waals surface area contributed by atoms with Gasteiger partial charge in [-0.15, -0.1) is 0 Å². The van der Waals surface area contributed by atoms with E-state index >= 15 is 0 Å². The number of urea groups is 1. The third-order valence-corrected chi connectivity index (χ3v) is 6.13. The van der Waals surface area contributed by atoms with Gasteiger partial charge in [-0.1, -0.05) is 96.8 Å². The molecule has 0 radical (unpaired) electrons. The molecule has 0 aliphatic carbocycles. The summed E-state index contributed by atoms with van der Waals surface area (Å²) in [6.07, 6.45) is 9.01. The Morgan fingerprint density at radius 3 is 1.57 bits per heavy atom. The minimum Gasteiger partial charge on any atom is -0.387 e. The highest BCUT2D eigenvalue weighted by Crippen LogP contribution is 2.15. The van der Waals surface area contributed by atoms with Gasteiger partial charge in [0.25, 0.3) is 0 Å². The van der Waals surface area contributed by atoms with E-state index in [9.17, 15) is 35.1 Å². The Bertz CT molecular complexity index is 577. The molecule has 0 spiro atoms. The van der Waals surface area contributed by atoms with Gasteiger partial charge in [-0.2, -0.15) is 5.10 Å². The predicted octanol–water partition coefficient (Wildman–Crippen LogP) is 2.28. The summed E-state index contributed by atoms with van der Waals surface area (Å²) in [4.78, 5) is 22.6. The maximum absolute atomic E-state index is 12.1. The van der Waals surface area contributed by atoms with Gasteiger partial charge in [0, 0.05) is 6.42 Å². The Labute approximate surface area is 210 Å². The molecule has 0 bridgehead atoms. The summed E-state index contributed by atoms with van der Waals surface area (Å²) >= 11 is 0. The van der Waals surface area contributed by atoms with Crippen LogP contribution in [0.15, 0.2) is 5.10 Å². The number of amides is 2. The molecule has 5 atom stereocenters. The number of nitrogens with two attached hydrogens (primary N) is 1. The van der Waals surface area contributed by atoms with E-state index in [0.29, 0.717) is 12.6 Å². The number of nitrogens with zero attached hydrogens (tertiary/aromatic N) is 1. The maximum Gasteiger partial charge on any atom is 0.332 e. The van der Waals surface area contributed by atoms with Crippen molar-refractivity contribution < 1.29 is 35.1 Å². The molecule has 10 heteroatoms. The molecule has 0 aromatic heterocycles. The van der Waals surface area contributed by atoms with Gasteiger partial charge in [0.05, 0.1) is 6.21 Å². The third-order valence-electron chi connectivity index (χ3n) is 6.13. The molecule has 8 N–H and O–H groups in total. The SMILES string of the molecule is CCCCCCCCCCCCCCCCCC(=O)C(O)[C@@H](O)[C@@H](O)[C@H](O)[C@@H](O)C=NNC(N)=O. The van der Waals surface area contributed by atoms with E-state index in [1.54, 1.807) is 5.43 Å². The molecule has 2 amide bonds. The highest BCUT2D eigenvalue weighted by molar-refractivity contribution is 5.83. The van der Waals surface area contributed by atoms with Gasteiger partial charge in [-0.25, -0.2) is 10.2 Å². The number of carbonyl (C=O) groups excluding carboxylic acids is 2. The first-order valence-corrected chi connectivity index (χ1v) is 13.2. The minimum absolute atomic E-state index is 0.0475. The summed E-state index contributed by atoms with van der Waals surface area (Å²) in [6, 6.07) is -0.997. The molecule has 0 saturated carbocycles. The molecule has 0 rings (SSSR count). The summed E-state index contributed by atoms with van der Waals surface area (Å²) < 4.78 is 0. The number of unbranched alkanes of at least 4 members (excludes halogenated alkanes) is 14.